The number of hydrogen-bond donors (Lipinski definition) is 1. The summed E-state index contributed by atoms with van der Waals surface area (Å²) in [6.07, 6.45) is 4.99. The zero-order chi connectivity index (χ0) is 29.4. The molecule has 218 valence electrons. The Labute approximate surface area is 252 Å². The molecule has 0 saturated heterocycles. The van der Waals surface area contributed by atoms with Crippen molar-refractivity contribution < 1.29 is 18.0 Å². The zero-order valence-electron chi connectivity index (χ0n) is 23.6. The molecule has 3 aromatic rings. The average molecular weight is 641 g/mol. The highest BCUT2D eigenvalue weighted by molar-refractivity contribution is 9.10. The van der Waals surface area contributed by atoms with Gasteiger partial charge in [0.15, 0.2) is 0 Å². The summed E-state index contributed by atoms with van der Waals surface area (Å²) in [6, 6.07) is 22.6. The maximum atomic E-state index is 14.1. The molecule has 0 aromatic heterocycles. The molecule has 1 atom stereocenters. The molecule has 2 amide bonds. The van der Waals surface area contributed by atoms with Gasteiger partial charge in [-0.1, -0.05) is 89.8 Å². The number of carbonyl (C=O) groups excluding carboxylic acids is 2. The number of benzene rings is 3. The number of hydrogen-bond acceptors (Lipinski definition) is 4. The van der Waals surface area contributed by atoms with Gasteiger partial charge in [-0.25, -0.2) is 8.42 Å². The van der Waals surface area contributed by atoms with Crippen molar-refractivity contribution in [3.63, 3.8) is 0 Å². The van der Waals surface area contributed by atoms with Crippen LogP contribution in [-0.2, 0) is 26.0 Å². The summed E-state index contributed by atoms with van der Waals surface area (Å²) < 4.78 is 29.7. The molecule has 0 bridgehead atoms. The third-order valence-electron chi connectivity index (χ3n) is 7.56. The van der Waals surface area contributed by atoms with E-state index in [1.54, 1.807) is 53.4 Å². The predicted octanol–water partition coefficient (Wildman–Crippen LogP) is 5.86. The molecule has 1 fully saturated rings. The van der Waals surface area contributed by atoms with E-state index in [1.165, 1.54) is 0 Å². The fourth-order valence-corrected chi connectivity index (χ4v) is 7.05. The van der Waals surface area contributed by atoms with Gasteiger partial charge < -0.3 is 10.2 Å². The van der Waals surface area contributed by atoms with Crippen molar-refractivity contribution in [3.8, 4) is 0 Å². The summed E-state index contributed by atoms with van der Waals surface area (Å²) >= 11 is 3.43. The predicted molar refractivity (Wildman–Crippen MR) is 166 cm³/mol. The Hall–Kier alpha value is -3.17. The lowest BCUT2D eigenvalue weighted by Gasteiger charge is -2.33. The number of nitrogens with zero attached hydrogens (tertiary/aromatic N) is 2. The number of carbonyl (C=O) groups is 2. The topological polar surface area (TPSA) is 86.8 Å². The van der Waals surface area contributed by atoms with Crippen LogP contribution < -0.4 is 9.62 Å². The van der Waals surface area contributed by atoms with Crippen LogP contribution in [0, 0.1) is 6.92 Å². The van der Waals surface area contributed by atoms with Gasteiger partial charge in [0, 0.05) is 17.1 Å². The number of halogens is 1. The lowest BCUT2D eigenvalue weighted by atomic mass is 10.1. The number of sulfonamides is 1. The van der Waals surface area contributed by atoms with Crippen molar-refractivity contribution in [3.05, 3.63) is 94.5 Å². The van der Waals surface area contributed by atoms with Crippen LogP contribution in [0.4, 0.5) is 5.69 Å². The van der Waals surface area contributed by atoms with E-state index in [0.717, 1.165) is 41.1 Å². The minimum absolute atomic E-state index is 0.0951. The van der Waals surface area contributed by atoms with E-state index in [9.17, 15) is 18.0 Å². The standard InChI is InChI=1S/C32H38BrN3O4S/c1-3-30(32(38)34-27-13-7-8-14-27)35(21-20-25-10-5-4-6-11-25)31(37)23-36(28-15-9-12-26(33)22-28)41(39,40)29-18-16-24(2)17-19-29/h4-6,9-12,15-19,22,27,30H,3,7-8,13-14,20-21,23H2,1-2H3,(H,34,38)/t30-/m1/s1. The zero-order valence-corrected chi connectivity index (χ0v) is 26.0. The second-order valence-electron chi connectivity index (χ2n) is 10.5. The third kappa shape index (κ3) is 7.98. The Morgan fingerprint density at radius 3 is 2.29 bits per heavy atom. The summed E-state index contributed by atoms with van der Waals surface area (Å²) in [5.41, 5.74) is 2.33. The number of anilines is 1. The minimum Gasteiger partial charge on any atom is -0.352 e. The lowest BCUT2D eigenvalue weighted by molar-refractivity contribution is -0.139. The highest BCUT2D eigenvalue weighted by Crippen LogP contribution is 2.27. The molecule has 9 heteroatoms. The van der Waals surface area contributed by atoms with E-state index >= 15 is 0 Å². The summed E-state index contributed by atoms with van der Waals surface area (Å²) in [5.74, 6) is -0.610. The SMILES string of the molecule is CC[C@H](C(=O)NC1CCCC1)N(CCc1ccccc1)C(=O)CN(c1cccc(Br)c1)S(=O)(=O)c1ccc(C)cc1. The molecule has 4 rings (SSSR count). The van der Waals surface area contributed by atoms with Gasteiger partial charge in [-0.3, -0.25) is 13.9 Å². The Bertz CT molecular complexity index is 1420. The van der Waals surface area contributed by atoms with E-state index in [4.69, 9.17) is 0 Å². The Morgan fingerprint density at radius 2 is 1.66 bits per heavy atom. The van der Waals surface area contributed by atoms with E-state index in [1.807, 2.05) is 44.2 Å². The fraction of sp³-hybridized carbons (Fsp3) is 0.375. The van der Waals surface area contributed by atoms with Crippen LogP contribution in [0.5, 0.6) is 0 Å². The first-order valence-electron chi connectivity index (χ1n) is 14.2. The second kappa shape index (κ2) is 14.1. The molecule has 0 radical (unpaired) electrons. The van der Waals surface area contributed by atoms with Crippen molar-refractivity contribution in [2.75, 3.05) is 17.4 Å². The van der Waals surface area contributed by atoms with Crippen molar-refractivity contribution in [1.29, 1.82) is 0 Å². The first kappa shape index (κ1) is 30.8. The number of amides is 2. The van der Waals surface area contributed by atoms with Gasteiger partial charge in [-0.05, 0) is 68.5 Å². The molecule has 0 aliphatic heterocycles. The highest BCUT2D eigenvalue weighted by Gasteiger charge is 2.34. The molecule has 1 saturated carbocycles. The van der Waals surface area contributed by atoms with Crippen molar-refractivity contribution >= 4 is 43.5 Å². The quantitative estimate of drug-likeness (QED) is 0.269. The van der Waals surface area contributed by atoms with E-state index in [0.29, 0.717) is 23.0 Å². The molecule has 3 aromatic carbocycles. The van der Waals surface area contributed by atoms with Gasteiger partial charge in [0.05, 0.1) is 10.6 Å². The normalized spacial score (nSPS) is 14.4. The molecule has 1 aliphatic carbocycles. The average Bonchev–Trinajstić information content (AvgIpc) is 3.47. The molecule has 7 nitrogen and oxygen atoms in total. The van der Waals surface area contributed by atoms with Crippen LogP contribution >= 0.6 is 15.9 Å². The molecular weight excluding hydrogens is 602 g/mol. The third-order valence-corrected chi connectivity index (χ3v) is 9.84. The molecule has 41 heavy (non-hydrogen) atoms. The van der Waals surface area contributed by atoms with Gasteiger partial charge in [0.1, 0.15) is 12.6 Å². The first-order valence-corrected chi connectivity index (χ1v) is 16.4. The van der Waals surface area contributed by atoms with Crippen molar-refractivity contribution in [2.24, 2.45) is 0 Å². The highest BCUT2D eigenvalue weighted by atomic mass is 79.9. The summed E-state index contributed by atoms with van der Waals surface area (Å²) in [7, 11) is -4.09. The van der Waals surface area contributed by atoms with Gasteiger partial charge in [0.2, 0.25) is 11.8 Å². The van der Waals surface area contributed by atoms with Crippen LogP contribution in [0.1, 0.15) is 50.2 Å². The fourth-order valence-electron chi connectivity index (χ4n) is 5.26. The Morgan fingerprint density at radius 1 is 0.976 bits per heavy atom. The smallest absolute Gasteiger partial charge is 0.264 e. The minimum atomic E-state index is -4.09. The Balaban J connectivity index is 1.67. The maximum absolute atomic E-state index is 14.1. The van der Waals surface area contributed by atoms with Gasteiger partial charge in [-0.15, -0.1) is 0 Å². The van der Waals surface area contributed by atoms with Gasteiger partial charge in [-0.2, -0.15) is 0 Å². The summed E-state index contributed by atoms with van der Waals surface area (Å²) in [4.78, 5) is 29.3. The lowest BCUT2D eigenvalue weighted by Crippen LogP contribution is -2.54. The first-order chi connectivity index (χ1) is 19.7. The van der Waals surface area contributed by atoms with Crippen molar-refractivity contribution in [2.45, 2.75) is 69.4 Å². The number of nitrogens with one attached hydrogen (secondary N) is 1. The molecule has 0 unspecified atom stereocenters. The van der Waals surface area contributed by atoms with Crippen LogP contribution in [0.15, 0.2) is 88.2 Å². The van der Waals surface area contributed by atoms with Gasteiger partial charge in [0.25, 0.3) is 10.0 Å². The summed E-state index contributed by atoms with van der Waals surface area (Å²) in [5, 5.41) is 3.15. The van der Waals surface area contributed by atoms with Crippen LogP contribution in [-0.4, -0.2) is 50.3 Å². The molecule has 0 heterocycles. The maximum Gasteiger partial charge on any atom is 0.264 e. The molecule has 1 N–H and O–H groups in total. The van der Waals surface area contributed by atoms with Crippen LogP contribution in [0.25, 0.3) is 0 Å². The summed E-state index contributed by atoms with van der Waals surface area (Å²) in [6.45, 7) is 3.62. The second-order valence-corrected chi connectivity index (χ2v) is 13.3. The number of aryl methyl sites for hydroxylation is 1. The molecular formula is C32H38BrN3O4S. The van der Waals surface area contributed by atoms with E-state index in [2.05, 4.69) is 21.2 Å². The number of rotatable bonds is 12. The largest absolute Gasteiger partial charge is 0.352 e. The van der Waals surface area contributed by atoms with Crippen LogP contribution in [0.3, 0.4) is 0 Å². The van der Waals surface area contributed by atoms with E-state index in [-0.39, 0.29) is 23.4 Å². The van der Waals surface area contributed by atoms with E-state index < -0.39 is 28.5 Å². The van der Waals surface area contributed by atoms with Crippen LogP contribution in [0.2, 0.25) is 0 Å². The molecule has 1 aliphatic rings. The van der Waals surface area contributed by atoms with Crippen molar-refractivity contribution in [1.82, 2.24) is 10.2 Å². The Kier molecular flexibility index (Phi) is 10.6. The monoisotopic (exact) mass is 639 g/mol. The van der Waals surface area contributed by atoms with Gasteiger partial charge >= 0.3 is 0 Å². The molecule has 0 spiro atoms.